The second kappa shape index (κ2) is 8.47. The van der Waals surface area contributed by atoms with Crippen molar-refractivity contribution < 1.29 is 12.8 Å². The number of fused-ring (bicyclic) bond motifs is 1. The molecule has 2 atom stereocenters. The maximum atomic E-state index is 15.1. The van der Waals surface area contributed by atoms with Crippen molar-refractivity contribution in [2.24, 2.45) is 0 Å². The third-order valence-corrected chi connectivity index (χ3v) is 8.37. The van der Waals surface area contributed by atoms with Crippen molar-refractivity contribution in [1.82, 2.24) is 9.62 Å². The summed E-state index contributed by atoms with van der Waals surface area (Å²) in [6.07, 6.45) is 5.86. The Labute approximate surface area is 189 Å². The second-order valence-electron chi connectivity index (χ2n) is 9.42. The zero-order chi connectivity index (χ0) is 21.6. The molecule has 166 valence electrons. The number of nitrogens with zero attached hydrogens (tertiary/aromatic N) is 1. The first-order chi connectivity index (χ1) is 14.9. The Morgan fingerprint density at radius 1 is 1.16 bits per heavy atom. The molecule has 31 heavy (non-hydrogen) atoms. The first-order valence-corrected chi connectivity index (χ1v) is 12.7. The monoisotopic (exact) mass is 462 g/mol. The van der Waals surface area contributed by atoms with Gasteiger partial charge in [-0.05, 0) is 98.5 Å². The second-order valence-corrected chi connectivity index (χ2v) is 10.6. The Bertz CT molecular complexity index is 1060. The van der Waals surface area contributed by atoms with Gasteiger partial charge in [0.05, 0.1) is 0 Å². The quantitative estimate of drug-likeness (QED) is 0.611. The Morgan fingerprint density at radius 3 is 2.58 bits per heavy atom. The van der Waals surface area contributed by atoms with E-state index < -0.39 is 16.4 Å². The third-order valence-electron chi connectivity index (χ3n) is 7.47. The van der Waals surface area contributed by atoms with Crippen LogP contribution in [-0.4, -0.2) is 38.0 Å². The van der Waals surface area contributed by atoms with Gasteiger partial charge >= 0.3 is 0 Å². The van der Waals surface area contributed by atoms with Gasteiger partial charge in [-0.1, -0.05) is 29.8 Å². The summed E-state index contributed by atoms with van der Waals surface area (Å²) >= 11 is 6.23. The van der Waals surface area contributed by atoms with Crippen molar-refractivity contribution in [3.63, 3.8) is 0 Å². The zero-order valence-corrected chi connectivity index (χ0v) is 19.1. The van der Waals surface area contributed by atoms with Crippen LogP contribution in [-0.2, 0) is 30.2 Å². The molecule has 0 radical (unpaired) electrons. The van der Waals surface area contributed by atoms with Crippen LogP contribution in [0.2, 0.25) is 5.02 Å². The van der Waals surface area contributed by atoms with E-state index in [-0.39, 0.29) is 11.7 Å². The fourth-order valence-electron chi connectivity index (χ4n) is 5.62. The molecule has 1 heterocycles. The standard InChI is InChI=1S/C24H28ClFN2O2S/c25-19-5-1-4-16(10-19)11-21-20-12-18(15-24(6-2-7-24)27-31(29)30)22(26)13-17(20)14-23(21)28-8-3-9-28/h1,4-5,10,12-13,21,23,31H,2-3,6-9,11,14-15H2,(H,27,29,30). The van der Waals surface area contributed by atoms with Crippen molar-refractivity contribution in [1.29, 1.82) is 0 Å². The minimum Gasteiger partial charge on any atom is -0.299 e. The molecule has 1 saturated heterocycles. The Hall–Kier alpha value is -1.47. The van der Waals surface area contributed by atoms with Crippen molar-refractivity contribution in [3.05, 3.63) is 69.5 Å². The minimum absolute atomic E-state index is 0.210. The number of benzene rings is 2. The number of thiol groups is 1. The summed E-state index contributed by atoms with van der Waals surface area (Å²) in [5, 5.41) is 0.737. The van der Waals surface area contributed by atoms with E-state index in [9.17, 15) is 8.42 Å². The average Bonchev–Trinajstić information content (AvgIpc) is 2.95. The summed E-state index contributed by atoms with van der Waals surface area (Å²) in [5.74, 6) is 0.0771. The first-order valence-electron chi connectivity index (χ1n) is 11.1. The molecule has 0 aromatic heterocycles. The van der Waals surface area contributed by atoms with Crippen LogP contribution < -0.4 is 4.72 Å². The maximum absolute atomic E-state index is 15.1. The third kappa shape index (κ3) is 4.28. The van der Waals surface area contributed by atoms with Crippen LogP contribution in [0.3, 0.4) is 0 Å². The summed E-state index contributed by atoms with van der Waals surface area (Å²) in [7, 11) is -2.70. The van der Waals surface area contributed by atoms with E-state index in [0.717, 1.165) is 55.8 Å². The number of nitrogens with one attached hydrogen (secondary N) is 1. The van der Waals surface area contributed by atoms with Crippen LogP contribution >= 0.6 is 11.6 Å². The highest BCUT2D eigenvalue weighted by Gasteiger charge is 2.41. The summed E-state index contributed by atoms with van der Waals surface area (Å²) in [6.45, 7) is 2.20. The van der Waals surface area contributed by atoms with Crippen molar-refractivity contribution in [2.75, 3.05) is 13.1 Å². The van der Waals surface area contributed by atoms with E-state index >= 15 is 4.39 Å². The highest BCUT2D eigenvalue weighted by molar-refractivity contribution is 7.70. The zero-order valence-electron chi connectivity index (χ0n) is 17.4. The van der Waals surface area contributed by atoms with Gasteiger partial charge in [-0.25, -0.2) is 17.5 Å². The molecule has 2 aromatic rings. The van der Waals surface area contributed by atoms with E-state index in [2.05, 4.69) is 15.7 Å². The summed E-state index contributed by atoms with van der Waals surface area (Å²) in [4.78, 5) is 2.52. The molecule has 2 aromatic carbocycles. The summed E-state index contributed by atoms with van der Waals surface area (Å²) < 4.78 is 40.4. The molecule has 3 aliphatic rings. The van der Waals surface area contributed by atoms with Crippen LogP contribution in [0.25, 0.3) is 0 Å². The van der Waals surface area contributed by atoms with Crippen LogP contribution in [0.15, 0.2) is 36.4 Å². The topological polar surface area (TPSA) is 49.4 Å². The molecular formula is C24H28ClFN2O2S. The van der Waals surface area contributed by atoms with Crippen molar-refractivity contribution in [3.8, 4) is 0 Å². The molecular weight excluding hydrogens is 435 g/mol. The molecule has 0 spiro atoms. The Kier molecular flexibility index (Phi) is 5.84. The molecule has 5 rings (SSSR count). The van der Waals surface area contributed by atoms with Gasteiger partial charge in [0.2, 0.25) is 10.9 Å². The van der Waals surface area contributed by atoms with Crippen LogP contribution in [0.4, 0.5) is 4.39 Å². The predicted octanol–water partition coefficient (Wildman–Crippen LogP) is 4.02. The van der Waals surface area contributed by atoms with E-state index in [4.69, 9.17) is 11.6 Å². The molecule has 2 fully saturated rings. The Morgan fingerprint density at radius 2 is 1.97 bits per heavy atom. The molecule has 0 amide bonds. The van der Waals surface area contributed by atoms with E-state index in [0.29, 0.717) is 18.0 Å². The molecule has 4 nitrogen and oxygen atoms in total. The summed E-state index contributed by atoms with van der Waals surface area (Å²) in [5.41, 5.74) is 3.61. The highest BCUT2D eigenvalue weighted by Crippen LogP contribution is 2.43. The number of hydrogen-bond donors (Lipinski definition) is 2. The lowest BCUT2D eigenvalue weighted by molar-refractivity contribution is 0.106. The van der Waals surface area contributed by atoms with Crippen LogP contribution in [0, 0.1) is 5.82 Å². The molecule has 7 heteroatoms. The maximum Gasteiger partial charge on any atom is 0.201 e. The number of halogens is 2. The molecule has 2 unspecified atom stereocenters. The smallest absolute Gasteiger partial charge is 0.201 e. The lowest BCUT2D eigenvalue weighted by Gasteiger charge is -2.41. The fourth-order valence-corrected chi connectivity index (χ4v) is 6.52. The summed E-state index contributed by atoms with van der Waals surface area (Å²) in [6, 6.07) is 12.1. The van der Waals surface area contributed by atoms with Gasteiger partial charge in [0.1, 0.15) is 5.82 Å². The minimum atomic E-state index is -2.70. The van der Waals surface area contributed by atoms with E-state index in [1.807, 2.05) is 24.3 Å². The van der Waals surface area contributed by atoms with Gasteiger partial charge in [-0.2, -0.15) is 0 Å². The van der Waals surface area contributed by atoms with Crippen molar-refractivity contribution >= 4 is 22.5 Å². The highest BCUT2D eigenvalue weighted by atomic mass is 35.5. The number of likely N-dealkylation sites (tertiary alicyclic amines) is 1. The van der Waals surface area contributed by atoms with E-state index in [1.54, 1.807) is 6.07 Å². The number of hydrogen-bond acceptors (Lipinski definition) is 3. The molecule has 1 N–H and O–H groups in total. The Balaban J connectivity index is 1.47. The predicted molar refractivity (Wildman–Crippen MR) is 122 cm³/mol. The van der Waals surface area contributed by atoms with Gasteiger partial charge in [-0.15, -0.1) is 0 Å². The molecule has 1 saturated carbocycles. The van der Waals surface area contributed by atoms with Crippen LogP contribution in [0.5, 0.6) is 0 Å². The lowest BCUT2D eigenvalue weighted by Crippen LogP contribution is -2.52. The first kappa shape index (κ1) is 21.4. The van der Waals surface area contributed by atoms with Gasteiger partial charge in [0, 0.05) is 22.5 Å². The largest absolute Gasteiger partial charge is 0.299 e. The van der Waals surface area contributed by atoms with Gasteiger partial charge in [-0.3, -0.25) is 4.90 Å². The van der Waals surface area contributed by atoms with Gasteiger partial charge < -0.3 is 0 Å². The van der Waals surface area contributed by atoms with Gasteiger partial charge in [0.25, 0.3) is 0 Å². The molecule has 2 aliphatic carbocycles. The van der Waals surface area contributed by atoms with Crippen LogP contribution in [0.1, 0.15) is 53.9 Å². The van der Waals surface area contributed by atoms with Gasteiger partial charge in [0.15, 0.2) is 0 Å². The SMILES string of the molecule is O=[SH](=O)NC1(Cc2cc3c(cc2F)CC(N2CCC2)C3Cc2cccc(Cl)c2)CCC1. The average molecular weight is 463 g/mol. The normalized spacial score (nSPS) is 24.6. The fraction of sp³-hybridized carbons (Fsp3) is 0.500. The lowest BCUT2D eigenvalue weighted by atomic mass is 9.73. The number of rotatable bonds is 7. The van der Waals surface area contributed by atoms with Crippen molar-refractivity contribution in [2.45, 2.75) is 62.4 Å². The molecule has 0 bridgehead atoms. The van der Waals surface area contributed by atoms with E-state index in [1.165, 1.54) is 17.5 Å². The molecule has 1 aliphatic heterocycles.